The third-order valence-electron chi connectivity index (χ3n) is 7.59. The second kappa shape index (κ2) is 8.58. The Morgan fingerprint density at radius 2 is 1.88 bits per heavy atom. The van der Waals surface area contributed by atoms with Crippen LogP contribution in [-0.2, 0) is 14.3 Å². The first-order chi connectivity index (χ1) is 15.2. The number of carbonyl (C=O) groups is 2. The molecule has 1 aromatic carbocycles. The smallest absolute Gasteiger partial charge is 0.303 e. The van der Waals surface area contributed by atoms with Gasteiger partial charge in [0.15, 0.2) is 17.1 Å². The molecule has 3 atom stereocenters. The normalized spacial score (nSPS) is 27.8. The number of amides is 1. The number of nitrogens with zero attached hydrogens (tertiary/aromatic N) is 1. The summed E-state index contributed by atoms with van der Waals surface area (Å²) in [6.45, 7) is 5.99. The predicted molar refractivity (Wildman–Crippen MR) is 119 cm³/mol. The van der Waals surface area contributed by atoms with Crippen LogP contribution in [0.4, 0.5) is 0 Å². The summed E-state index contributed by atoms with van der Waals surface area (Å²) in [4.78, 5) is 26.6. The fourth-order valence-electron chi connectivity index (χ4n) is 5.30. The Morgan fingerprint density at radius 3 is 2.44 bits per heavy atom. The Hall–Kier alpha value is -2.28. The van der Waals surface area contributed by atoms with Crippen LogP contribution in [0.3, 0.4) is 0 Å². The lowest BCUT2D eigenvalue weighted by Crippen LogP contribution is -2.43. The lowest BCUT2D eigenvalue weighted by atomic mass is 9.72. The van der Waals surface area contributed by atoms with Gasteiger partial charge in [-0.15, -0.1) is 0 Å². The van der Waals surface area contributed by atoms with Gasteiger partial charge in [0.25, 0.3) is 5.91 Å². The highest BCUT2D eigenvalue weighted by Crippen LogP contribution is 2.50. The lowest BCUT2D eigenvalue weighted by Gasteiger charge is -2.34. The Morgan fingerprint density at radius 1 is 1.19 bits per heavy atom. The number of benzene rings is 1. The van der Waals surface area contributed by atoms with Gasteiger partial charge in [0, 0.05) is 44.2 Å². The zero-order valence-electron chi connectivity index (χ0n) is 19.6. The monoisotopic (exact) mass is 445 g/mol. The van der Waals surface area contributed by atoms with Gasteiger partial charge in [0.2, 0.25) is 0 Å². The number of likely N-dealkylation sites (tertiary alicyclic amines) is 1. The quantitative estimate of drug-likeness (QED) is 0.648. The van der Waals surface area contributed by atoms with E-state index >= 15 is 0 Å². The van der Waals surface area contributed by atoms with E-state index in [1.165, 1.54) is 19.8 Å². The molecule has 1 aromatic rings. The van der Waals surface area contributed by atoms with Gasteiger partial charge in [-0.25, -0.2) is 0 Å². The summed E-state index contributed by atoms with van der Waals surface area (Å²) in [5.74, 6) is 0.730. The standard InChI is InChI=1S/C25H35NO6/c1-16(27)24(3)15-26(23(29)25(11-12-25)32-17(2)28)14-20(24)18-9-10-21(30-4)22(13-18)31-19-7-5-6-8-19/h9-10,13,16,19-20,27H,5-8,11-12,14-15H2,1-4H3/t16?,20-,24-/m0/s1. The SMILES string of the molecule is COc1ccc([C@@H]2CN(C(=O)C3(OC(C)=O)CC3)C[C@@]2(C)C(C)O)cc1OC1CCCC1. The molecule has 1 N–H and O–H groups in total. The van der Waals surface area contributed by atoms with Crippen molar-refractivity contribution in [1.29, 1.82) is 0 Å². The average molecular weight is 446 g/mol. The number of aliphatic hydroxyl groups is 1. The van der Waals surface area contributed by atoms with Crippen molar-refractivity contribution in [3.05, 3.63) is 23.8 Å². The maximum atomic E-state index is 13.3. The number of hydrogen-bond acceptors (Lipinski definition) is 6. The number of esters is 1. The predicted octanol–water partition coefficient (Wildman–Crippen LogP) is 3.43. The summed E-state index contributed by atoms with van der Waals surface area (Å²) < 4.78 is 17.2. The average Bonchev–Trinajstić information content (AvgIpc) is 3.17. The second-order valence-electron chi connectivity index (χ2n) is 9.94. The van der Waals surface area contributed by atoms with Crippen LogP contribution in [-0.4, -0.2) is 59.9 Å². The van der Waals surface area contributed by atoms with E-state index in [1.807, 2.05) is 25.1 Å². The summed E-state index contributed by atoms with van der Waals surface area (Å²) >= 11 is 0. The van der Waals surface area contributed by atoms with Crippen molar-refractivity contribution in [1.82, 2.24) is 4.90 Å². The van der Waals surface area contributed by atoms with E-state index in [-0.39, 0.29) is 17.9 Å². The Bertz CT molecular complexity index is 873. The number of rotatable bonds is 7. The van der Waals surface area contributed by atoms with Crippen molar-refractivity contribution >= 4 is 11.9 Å². The third kappa shape index (κ3) is 4.19. The van der Waals surface area contributed by atoms with Crippen LogP contribution in [0, 0.1) is 5.41 Å². The molecule has 0 spiro atoms. The zero-order valence-corrected chi connectivity index (χ0v) is 19.6. The van der Waals surface area contributed by atoms with Crippen molar-refractivity contribution in [2.75, 3.05) is 20.2 Å². The molecule has 1 heterocycles. The molecule has 1 saturated heterocycles. The largest absolute Gasteiger partial charge is 0.493 e. The van der Waals surface area contributed by atoms with Crippen LogP contribution in [0.2, 0.25) is 0 Å². The Balaban J connectivity index is 1.61. The molecule has 7 heteroatoms. The van der Waals surface area contributed by atoms with E-state index in [2.05, 4.69) is 0 Å². The minimum atomic E-state index is -1.02. The van der Waals surface area contributed by atoms with Gasteiger partial charge in [-0.2, -0.15) is 0 Å². The third-order valence-corrected chi connectivity index (χ3v) is 7.59. The molecule has 1 unspecified atom stereocenters. The Kier molecular flexibility index (Phi) is 6.14. The maximum absolute atomic E-state index is 13.3. The van der Waals surface area contributed by atoms with Gasteiger partial charge >= 0.3 is 5.97 Å². The molecule has 3 fully saturated rings. The molecule has 32 heavy (non-hydrogen) atoms. The van der Waals surface area contributed by atoms with Crippen molar-refractivity contribution in [2.24, 2.45) is 5.41 Å². The fraction of sp³-hybridized carbons (Fsp3) is 0.680. The van der Waals surface area contributed by atoms with Gasteiger partial charge in [0.1, 0.15) is 0 Å². The first-order valence-electron chi connectivity index (χ1n) is 11.7. The van der Waals surface area contributed by atoms with E-state index in [0.29, 0.717) is 37.4 Å². The number of ether oxygens (including phenoxy) is 3. The number of hydrogen-bond donors (Lipinski definition) is 1. The highest BCUT2D eigenvalue weighted by Gasteiger charge is 2.59. The molecular weight excluding hydrogens is 410 g/mol. The Labute approximate surface area is 190 Å². The summed E-state index contributed by atoms with van der Waals surface area (Å²) in [7, 11) is 1.64. The molecule has 1 aliphatic heterocycles. The molecular formula is C25H35NO6. The molecule has 0 aromatic heterocycles. The number of aliphatic hydroxyl groups excluding tert-OH is 1. The molecule has 7 nitrogen and oxygen atoms in total. The number of carbonyl (C=O) groups excluding carboxylic acids is 2. The summed E-state index contributed by atoms with van der Waals surface area (Å²) in [6, 6.07) is 5.92. The van der Waals surface area contributed by atoms with E-state index in [0.717, 1.165) is 18.4 Å². The highest BCUT2D eigenvalue weighted by atomic mass is 16.6. The van der Waals surface area contributed by atoms with E-state index in [9.17, 15) is 14.7 Å². The van der Waals surface area contributed by atoms with Crippen LogP contribution < -0.4 is 9.47 Å². The molecule has 176 valence electrons. The van der Waals surface area contributed by atoms with Crippen molar-refractivity contribution in [2.45, 2.75) is 83.0 Å². The van der Waals surface area contributed by atoms with E-state index in [1.54, 1.807) is 18.9 Å². The second-order valence-corrected chi connectivity index (χ2v) is 9.94. The van der Waals surface area contributed by atoms with E-state index < -0.39 is 23.1 Å². The fourth-order valence-corrected chi connectivity index (χ4v) is 5.30. The van der Waals surface area contributed by atoms with Crippen molar-refractivity contribution in [3.8, 4) is 11.5 Å². The van der Waals surface area contributed by atoms with Gasteiger partial charge in [0.05, 0.1) is 19.3 Å². The van der Waals surface area contributed by atoms with Gasteiger partial charge in [-0.1, -0.05) is 13.0 Å². The minimum absolute atomic E-state index is 0.0867. The molecule has 0 radical (unpaired) electrons. The van der Waals surface area contributed by atoms with Crippen LogP contribution in [0.25, 0.3) is 0 Å². The maximum Gasteiger partial charge on any atom is 0.303 e. The summed E-state index contributed by atoms with van der Waals surface area (Å²) in [5.41, 5.74) is -0.548. The molecule has 1 amide bonds. The van der Waals surface area contributed by atoms with Gasteiger partial charge in [-0.3, -0.25) is 9.59 Å². The minimum Gasteiger partial charge on any atom is -0.493 e. The van der Waals surface area contributed by atoms with Crippen molar-refractivity contribution < 1.29 is 28.9 Å². The molecule has 0 bridgehead atoms. The first-order valence-corrected chi connectivity index (χ1v) is 11.7. The molecule has 4 rings (SSSR count). The van der Waals surface area contributed by atoms with Crippen LogP contribution >= 0.6 is 0 Å². The lowest BCUT2D eigenvalue weighted by molar-refractivity contribution is -0.161. The van der Waals surface area contributed by atoms with Crippen LogP contribution in [0.5, 0.6) is 11.5 Å². The topological polar surface area (TPSA) is 85.3 Å². The van der Waals surface area contributed by atoms with Gasteiger partial charge in [-0.05, 0) is 50.3 Å². The molecule has 3 aliphatic rings. The highest BCUT2D eigenvalue weighted by molar-refractivity contribution is 5.90. The number of methoxy groups -OCH3 is 1. The van der Waals surface area contributed by atoms with Crippen LogP contribution in [0.15, 0.2) is 18.2 Å². The molecule has 2 saturated carbocycles. The molecule has 2 aliphatic carbocycles. The summed E-state index contributed by atoms with van der Waals surface area (Å²) in [5, 5.41) is 10.7. The van der Waals surface area contributed by atoms with Gasteiger partial charge < -0.3 is 24.2 Å². The van der Waals surface area contributed by atoms with E-state index in [4.69, 9.17) is 14.2 Å². The van der Waals surface area contributed by atoms with Crippen molar-refractivity contribution in [3.63, 3.8) is 0 Å². The van der Waals surface area contributed by atoms with Crippen LogP contribution in [0.1, 0.15) is 70.8 Å². The zero-order chi connectivity index (χ0) is 23.1. The summed E-state index contributed by atoms with van der Waals surface area (Å²) in [6.07, 6.45) is 5.12. The first kappa shape index (κ1) is 22.9.